The number of nitrogens with zero attached hydrogens (tertiary/aromatic N) is 1. The van der Waals surface area contributed by atoms with Crippen LogP contribution in [-0.4, -0.2) is 5.97 Å². The average Bonchev–Trinajstić information content (AvgIpc) is 2.86. The van der Waals surface area contributed by atoms with Crippen molar-refractivity contribution < 1.29 is 19.1 Å². The average molecular weight is 242 g/mol. The summed E-state index contributed by atoms with van der Waals surface area (Å²) in [6, 6.07) is 11.4. The van der Waals surface area contributed by atoms with Crippen LogP contribution >= 0.6 is 0 Å². The van der Waals surface area contributed by atoms with Crippen molar-refractivity contribution in [3.05, 3.63) is 53.5 Å². The predicted molar refractivity (Wildman–Crippen MR) is 58.5 cm³/mol. The summed E-state index contributed by atoms with van der Waals surface area (Å²) in [5.74, 6) is -0.632. The minimum Gasteiger partial charge on any atom is -0.542 e. The molecule has 0 atom stereocenters. The van der Waals surface area contributed by atoms with Crippen molar-refractivity contribution in [2.75, 3.05) is 0 Å². The third-order valence-electron chi connectivity index (χ3n) is 2.23. The Morgan fingerprint density at radius 1 is 1.28 bits per heavy atom. The second kappa shape index (κ2) is 5.06. The fourth-order valence-electron chi connectivity index (χ4n) is 1.35. The molecule has 0 aliphatic heterocycles. The molecule has 2 rings (SSSR count). The molecule has 0 aliphatic carbocycles. The van der Waals surface area contributed by atoms with Crippen molar-refractivity contribution in [2.24, 2.45) is 0 Å². The van der Waals surface area contributed by atoms with E-state index < -0.39 is 5.97 Å². The third-order valence-corrected chi connectivity index (χ3v) is 2.23. The number of furan rings is 1. The van der Waals surface area contributed by atoms with E-state index in [0.29, 0.717) is 17.1 Å². The number of benzene rings is 1. The Morgan fingerprint density at radius 3 is 2.56 bits per heavy atom. The number of ether oxygens (including phenoxy) is 1. The van der Waals surface area contributed by atoms with Crippen molar-refractivity contribution in [3.8, 4) is 11.8 Å². The first-order valence-electron chi connectivity index (χ1n) is 5.12. The number of carboxylic acids is 1. The largest absolute Gasteiger partial charge is 0.542 e. The highest BCUT2D eigenvalue weighted by atomic mass is 16.5. The van der Waals surface area contributed by atoms with Crippen LogP contribution in [-0.2, 0) is 6.61 Å². The molecule has 2 aromatic rings. The molecular weight excluding hydrogens is 234 g/mol. The second-order valence-corrected chi connectivity index (χ2v) is 3.48. The summed E-state index contributed by atoms with van der Waals surface area (Å²) in [7, 11) is 0. The zero-order valence-corrected chi connectivity index (χ0v) is 9.25. The van der Waals surface area contributed by atoms with Gasteiger partial charge in [-0.2, -0.15) is 5.26 Å². The van der Waals surface area contributed by atoms with E-state index in [0.717, 1.165) is 0 Å². The molecule has 0 radical (unpaired) electrons. The van der Waals surface area contributed by atoms with Crippen LogP contribution in [0.1, 0.15) is 21.9 Å². The highest BCUT2D eigenvalue weighted by Crippen LogP contribution is 2.15. The standard InChI is InChI=1S/C13H9NO4/c14-7-9-1-3-10(4-2-9)17-8-11-5-6-12(18-11)13(15)16/h1-6H,8H2,(H,15,16)/p-1. The Hall–Kier alpha value is -2.74. The summed E-state index contributed by atoms with van der Waals surface area (Å²) in [5.41, 5.74) is 0.541. The van der Waals surface area contributed by atoms with Crippen LogP contribution in [0.5, 0.6) is 5.75 Å². The monoisotopic (exact) mass is 242 g/mol. The Balaban J connectivity index is 1.98. The van der Waals surface area contributed by atoms with Crippen molar-refractivity contribution in [1.29, 1.82) is 5.26 Å². The summed E-state index contributed by atoms with van der Waals surface area (Å²) >= 11 is 0. The van der Waals surface area contributed by atoms with E-state index in [4.69, 9.17) is 14.4 Å². The number of rotatable bonds is 4. The third kappa shape index (κ3) is 2.68. The second-order valence-electron chi connectivity index (χ2n) is 3.48. The Bertz CT molecular complexity index is 592. The van der Waals surface area contributed by atoms with E-state index >= 15 is 0 Å². The summed E-state index contributed by atoms with van der Waals surface area (Å²) in [4.78, 5) is 10.5. The quantitative estimate of drug-likeness (QED) is 0.801. The zero-order valence-electron chi connectivity index (χ0n) is 9.25. The molecule has 90 valence electrons. The number of carbonyl (C=O) groups is 1. The minimum atomic E-state index is -1.36. The summed E-state index contributed by atoms with van der Waals surface area (Å²) in [6.07, 6.45) is 0. The van der Waals surface area contributed by atoms with Gasteiger partial charge in [0.1, 0.15) is 29.8 Å². The molecule has 0 saturated heterocycles. The first-order valence-corrected chi connectivity index (χ1v) is 5.12. The van der Waals surface area contributed by atoms with E-state index in [-0.39, 0.29) is 12.4 Å². The van der Waals surface area contributed by atoms with E-state index in [1.807, 2.05) is 6.07 Å². The lowest BCUT2D eigenvalue weighted by Crippen LogP contribution is -2.21. The SMILES string of the molecule is N#Cc1ccc(OCc2ccc(C(=O)[O-])o2)cc1. The molecule has 0 fully saturated rings. The van der Waals surface area contributed by atoms with Crippen LogP contribution in [0.4, 0.5) is 0 Å². The molecule has 0 spiro atoms. The molecule has 0 amide bonds. The molecule has 1 heterocycles. The first-order chi connectivity index (χ1) is 8.69. The molecule has 1 aromatic heterocycles. The fourth-order valence-corrected chi connectivity index (χ4v) is 1.35. The van der Waals surface area contributed by atoms with Crippen LogP contribution in [0, 0.1) is 11.3 Å². The Kier molecular flexibility index (Phi) is 3.30. The zero-order chi connectivity index (χ0) is 13.0. The molecule has 0 aliphatic rings. The Labute approximate surface area is 103 Å². The van der Waals surface area contributed by atoms with Gasteiger partial charge < -0.3 is 19.1 Å². The van der Waals surface area contributed by atoms with Gasteiger partial charge in [-0.05, 0) is 36.4 Å². The van der Waals surface area contributed by atoms with Crippen LogP contribution < -0.4 is 9.84 Å². The number of carboxylic acid groups (broad SMARTS) is 1. The maximum Gasteiger partial charge on any atom is 0.149 e. The fraction of sp³-hybridized carbons (Fsp3) is 0.0769. The normalized spacial score (nSPS) is 9.72. The molecule has 5 heteroatoms. The lowest BCUT2D eigenvalue weighted by molar-refractivity contribution is -0.257. The van der Waals surface area contributed by atoms with Crippen molar-refractivity contribution in [3.63, 3.8) is 0 Å². The Morgan fingerprint density at radius 2 is 2.00 bits per heavy atom. The van der Waals surface area contributed by atoms with Gasteiger partial charge >= 0.3 is 0 Å². The number of hydrogen-bond acceptors (Lipinski definition) is 5. The van der Waals surface area contributed by atoms with Gasteiger partial charge in [-0.15, -0.1) is 0 Å². The van der Waals surface area contributed by atoms with Crippen molar-refractivity contribution in [1.82, 2.24) is 0 Å². The molecule has 1 aromatic carbocycles. The minimum absolute atomic E-state index is 0.110. The molecular formula is C13H8NO4-. The van der Waals surface area contributed by atoms with Gasteiger partial charge in [-0.3, -0.25) is 0 Å². The summed E-state index contributed by atoms with van der Waals surface area (Å²) in [6.45, 7) is 0.110. The van der Waals surface area contributed by atoms with Crippen LogP contribution in [0.15, 0.2) is 40.8 Å². The smallest absolute Gasteiger partial charge is 0.149 e. The topological polar surface area (TPSA) is 86.3 Å². The highest BCUT2D eigenvalue weighted by Gasteiger charge is 2.03. The number of hydrogen-bond donors (Lipinski definition) is 0. The maximum atomic E-state index is 10.5. The maximum absolute atomic E-state index is 10.5. The van der Waals surface area contributed by atoms with E-state index in [1.165, 1.54) is 12.1 Å². The highest BCUT2D eigenvalue weighted by molar-refractivity contribution is 5.82. The van der Waals surface area contributed by atoms with Gasteiger partial charge in [0.2, 0.25) is 0 Å². The van der Waals surface area contributed by atoms with Gasteiger partial charge in [0, 0.05) is 0 Å². The molecule has 0 unspecified atom stereocenters. The molecule has 0 N–H and O–H groups in total. The lowest BCUT2D eigenvalue weighted by Gasteiger charge is -2.03. The van der Waals surface area contributed by atoms with Gasteiger partial charge in [-0.25, -0.2) is 0 Å². The van der Waals surface area contributed by atoms with Crippen molar-refractivity contribution >= 4 is 5.97 Å². The summed E-state index contributed by atoms with van der Waals surface area (Å²) < 4.78 is 10.3. The number of nitriles is 1. The van der Waals surface area contributed by atoms with E-state index in [1.54, 1.807) is 24.3 Å². The number of aromatic carboxylic acids is 1. The van der Waals surface area contributed by atoms with Crippen LogP contribution in [0.2, 0.25) is 0 Å². The van der Waals surface area contributed by atoms with Crippen LogP contribution in [0.25, 0.3) is 0 Å². The van der Waals surface area contributed by atoms with E-state index in [9.17, 15) is 9.90 Å². The molecule has 0 bridgehead atoms. The predicted octanol–water partition coefficient (Wildman–Crippen LogP) is 1.09. The molecule has 18 heavy (non-hydrogen) atoms. The van der Waals surface area contributed by atoms with Gasteiger partial charge in [0.25, 0.3) is 0 Å². The van der Waals surface area contributed by atoms with E-state index in [2.05, 4.69) is 0 Å². The lowest BCUT2D eigenvalue weighted by atomic mass is 10.2. The van der Waals surface area contributed by atoms with Gasteiger partial charge in [-0.1, -0.05) is 0 Å². The summed E-state index contributed by atoms with van der Waals surface area (Å²) in [5, 5.41) is 19.1. The number of carbonyl (C=O) groups excluding carboxylic acids is 1. The van der Waals surface area contributed by atoms with Crippen molar-refractivity contribution in [2.45, 2.75) is 6.61 Å². The molecule has 5 nitrogen and oxygen atoms in total. The molecule has 0 saturated carbocycles. The van der Waals surface area contributed by atoms with Gasteiger partial charge in [0.15, 0.2) is 0 Å². The van der Waals surface area contributed by atoms with Crippen LogP contribution in [0.3, 0.4) is 0 Å². The van der Waals surface area contributed by atoms with Gasteiger partial charge in [0.05, 0.1) is 11.6 Å². The first kappa shape index (κ1) is 11.7.